The number of amides is 1. The minimum absolute atomic E-state index is 0.0668. The van der Waals surface area contributed by atoms with Crippen molar-refractivity contribution in [3.63, 3.8) is 0 Å². The zero-order valence-electron chi connectivity index (χ0n) is 13.7. The molecule has 136 valence electrons. The maximum absolute atomic E-state index is 12.4. The van der Waals surface area contributed by atoms with Crippen molar-refractivity contribution in [1.29, 1.82) is 0 Å². The molecule has 5 nitrogen and oxygen atoms in total. The molecule has 3 N–H and O–H groups in total. The molecule has 27 heavy (non-hydrogen) atoms. The molecule has 3 aromatic carbocycles. The summed E-state index contributed by atoms with van der Waals surface area (Å²) < 4.78 is 0. The Balaban J connectivity index is 2.02. The second-order valence-corrected chi connectivity index (χ2v) is 6.54. The fourth-order valence-corrected chi connectivity index (χ4v) is 3.08. The molecule has 0 aliphatic rings. The molecule has 0 saturated heterocycles. The number of anilines is 1. The number of carbonyl (C=O) groups excluding carboxylic acids is 1. The predicted molar refractivity (Wildman–Crippen MR) is 105 cm³/mol. The monoisotopic (exact) mass is 401 g/mol. The average molecular weight is 402 g/mol. The SMILES string of the molecule is O=C(Nc1cc(-c2ccc(Cl)cc2Cl)ccc1C(=O)O)c1cccc(O)c1. The van der Waals surface area contributed by atoms with Gasteiger partial charge >= 0.3 is 5.97 Å². The average Bonchev–Trinajstić information content (AvgIpc) is 2.61. The molecule has 0 saturated carbocycles. The molecule has 0 spiro atoms. The minimum atomic E-state index is -1.19. The summed E-state index contributed by atoms with van der Waals surface area (Å²) in [6.45, 7) is 0. The van der Waals surface area contributed by atoms with Gasteiger partial charge < -0.3 is 15.5 Å². The fourth-order valence-electron chi connectivity index (χ4n) is 2.57. The van der Waals surface area contributed by atoms with Gasteiger partial charge in [0.15, 0.2) is 0 Å². The summed E-state index contributed by atoms with van der Waals surface area (Å²) in [5.41, 5.74) is 1.50. The first-order valence-electron chi connectivity index (χ1n) is 7.78. The standard InChI is InChI=1S/C20H13Cl2NO4/c21-13-5-7-15(17(22)10-13)11-4-6-16(20(26)27)18(9-11)23-19(25)12-2-1-3-14(24)8-12/h1-10,24H,(H,23,25)(H,26,27). The van der Waals surface area contributed by atoms with Gasteiger partial charge in [0.2, 0.25) is 0 Å². The topological polar surface area (TPSA) is 86.6 Å². The van der Waals surface area contributed by atoms with Crippen LogP contribution in [0, 0.1) is 0 Å². The summed E-state index contributed by atoms with van der Waals surface area (Å²) in [6.07, 6.45) is 0. The van der Waals surface area contributed by atoms with Crippen LogP contribution in [0.3, 0.4) is 0 Å². The number of carbonyl (C=O) groups is 2. The van der Waals surface area contributed by atoms with Gasteiger partial charge in [-0.1, -0.05) is 41.4 Å². The third-order valence-electron chi connectivity index (χ3n) is 3.85. The quantitative estimate of drug-likeness (QED) is 0.552. The Bertz CT molecular complexity index is 1050. The van der Waals surface area contributed by atoms with Crippen LogP contribution in [0.25, 0.3) is 11.1 Å². The lowest BCUT2D eigenvalue weighted by atomic mass is 10.0. The van der Waals surface area contributed by atoms with Crippen LogP contribution in [-0.2, 0) is 0 Å². The highest BCUT2D eigenvalue weighted by Gasteiger charge is 2.16. The highest BCUT2D eigenvalue weighted by Crippen LogP contribution is 2.33. The van der Waals surface area contributed by atoms with Gasteiger partial charge in [-0.3, -0.25) is 4.79 Å². The van der Waals surface area contributed by atoms with E-state index in [1.165, 1.54) is 36.4 Å². The lowest BCUT2D eigenvalue weighted by Crippen LogP contribution is -2.14. The molecule has 0 aromatic heterocycles. The molecule has 0 fully saturated rings. The van der Waals surface area contributed by atoms with Gasteiger partial charge in [0, 0.05) is 21.2 Å². The van der Waals surface area contributed by atoms with Crippen LogP contribution in [0.2, 0.25) is 10.0 Å². The van der Waals surface area contributed by atoms with Crippen LogP contribution in [0.5, 0.6) is 5.75 Å². The van der Waals surface area contributed by atoms with E-state index in [4.69, 9.17) is 23.2 Å². The number of aromatic hydroxyl groups is 1. The van der Waals surface area contributed by atoms with Crippen LogP contribution in [-0.4, -0.2) is 22.1 Å². The van der Waals surface area contributed by atoms with Crippen LogP contribution >= 0.6 is 23.2 Å². The Morgan fingerprint density at radius 3 is 2.37 bits per heavy atom. The Hall–Kier alpha value is -3.02. The van der Waals surface area contributed by atoms with Crippen LogP contribution < -0.4 is 5.32 Å². The molecule has 0 atom stereocenters. The zero-order chi connectivity index (χ0) is 19.6. The summed E-state index contributed by atoms with van der Waals surface area (Å²) in [6, 6.07) is 15.2. The molecule has 0 bridgehead atoms. The van der Waals surface area contributed by atoms with Crippen molar-refractivity contribution < 1.29 is 19.8 Å². The fraction of sp³-hybridized carbons (Fsp3) is 0. The number of phenolic OH excluding ortho intramolecular Hbond substituents is 1. The minimum Gasteiger partial charge on any atom is -0.508 e. The summed E-state index contributed by atoms with van der Waals surface area (Å²) in [4.78, 5) is 24.0. The number of aromatic carboxylic acids is 1. The number of hydrogen-bond donors (Lipinski definition) is 3. The van der Waals surface area contributed by atoms with Gasteiger partial charge in [-0.05, 0) is 48.0 Å². The van der Waals surface area contributed by atoms with E-state index in [2.05, 4.69) is 5.32 Å². The van der Waals surface area contributed by atoms with Crippen LogP contribution in [0.15, 0.2) is 60.7 Å². The molecule has 0 aliphatic heterocycles. The van der Waals surface area contributed by atoms with E-state index >= 15 is 0 Å². The molecular formula is C20H13Cl2NO4. The predicted octanol–water partition coefficient (Wildman–Crippen LogP) is 5.32. The van der Waals surface area contributed by atoms with Gasteiger partial charge in [-0.2, -0.15) is 0 Å². The van der Waals surface area contributed by atoms with E-state index < -0.39 is 11.9 Å². The molecule has 0 unspecified atom stereocenters. The van der Waals surface area contributed by atoms with Gasteiger partial charge in [0.25, 0.3) is 5.91 Å². The third-order valence-corrected chi connectivity index (χ3v) is 4.40. The zero-order valence-corrected chi connectivity index (χ0v) is 15.3. The summed E-state index contributed by atoms with van der Waals surface area (Å²) in [7, 11) is 0. The number of rotatable bonds is 4. The van der Waals surface area contributed by atoms with Gasteiger partial charge in [-0.15, -0.1) is 0 Å². The maximum Gasteiger partial charge on any atom is 0.337 e. The number of carboxylic acid groups (broad SMARTS) is 1. The highest BCUT2D eigenvalue weighted by molar-refractivity contribution is 6.36. The molecular weight excluding hydrogens is 389 g/mol. The first-order chi connectivity index (χ1) is 12.8. The molecule has 7 heteroatoms. The van der Waals surface area contributed by atoms with Crippen molar-refractivity contribution >= 4 is 40.8 Å². The van der Waals surface area contributed by atoms with Crippen molar-refractivity contribution in [3.8, 4) is 16.9 Å². The van der Waals surface area contributed by atoms with Gasteiger partial charge in [-0.25, -0.2) is 4.79 Å². The Labute approximate surface area is 164 Å². The first kappa shape index (κ1) is 18.8. The Morgan fingerprint density at radius 1 is 0.926 bits per heavy atom. The lowest BCUT2D eigenvalue weighted by Gasteiger charge is -2.12. The first-order valence-corrected chi connectivity index (χ1v) is 8.54. The van der Waals surface area contributed by atoms with E-state index in [1.807, 2.05) is 0 Å². The van der Waals surface area contributed by atoms with E-state index in [-0.39, 0.29) is 22.6 Å². The summed E-state index contributed by atoms with van der Waals surface area (Å²) in [5.74, 6) is -1.80. The number of halogens is 2. The maximum atomic E-state index is 12.4. The molecule has 0 aliphatic carbocycles. The van der Waals surface area contributed by atoms with Crippen molar-refractivity contribution in [2.24, 2.45) is 0 Å². The largest absolute Gasteiger partial charge is 0.508 e. The van der Waals surface area contributed by atoms with Crippen molar-refractivity contribution in [2.75, 3.05) is 5.32 Å². The normalized spacial score (nSPS) is 10.4. The van der Waals surface area contributed by atoms with Crippen molar-refractivity contribution in [2.45, 2.75) is 0 Å². The molecule has 1 amide bonds. The lowest BCUT2D eigenvalue weighted by molar-refractivity contribution is 0.0698. The molecule has 0 radical (unpaired) electrons. The number of carboxylic acids is 1. The van der Waals surface area contributed by atoms with E-state index in [1.54, 1.807) is 24.3 Å². The Morgan fingerprint density at radius 2 is 1.70 bits per heavy atom. The summed E-state index contributed by atoms with van der Waals surface area (Å²) >= 11 is 12.1. The van der Waals surface area contributed by atoms with E-state index in [0.29, 0.717) is 21.2 Å². The number of nitrogens with one attached hydrogen (secondary N) is 1. The smallest absolute Gasteiger partial charge is 0.337 e. The van der Waals surface area contributed by atoms with Crippen molar-refractivity contribution in [1.82, 2.24) is 0 Å². The van der Waals surface area contributed by atoms with Gasteiger partial charge in [0.05, 0.1) is 11.3 Å². The number of phenols is 1. The molecule has 3 aromatic rings. The molecule has 3 rings (SSSR count). The number of benzene rings is 3. The van der Waals surface area contributed by atoms with E-state index in [9.17, 15) is 19.8 Å². The van der Waals surface area contributed by atoms with E-state index in [0.717, 1.165) is 0 Å². The van der Waals surface area contributed by atoms with Gasteiger partial charge in [0.1, 0.15) is 5.75 Å². The second-order valence-electron chi connectivity index (χ2n) is 5.69. The third kappa shape index (κ3) is 4.22. The van der Waals surface area contributed by atoms with Crippen LogP contribution in [0.1, 0.15) is 20.7 Å². The Kier molecular flexibility index (Phi) is 5.35. The number of hydrogen-bond acceptors (Lipinski definition) is 3. The van der Waals surface area contributed by atoms with Crippen molar-refractivity contribution in [3.05, 3.63) is 81.8 Å². The second kappa shape index (κ2) is 7.70. The highest BCUT2D eigenvalue weighted by atomic mass is 35.5. The molecule has 0 heterocycles. The van der Waals surface area contributed by atoms with Crippen LogP contribution in [0.4, 0.5) is 5.69 Å². The summed E-state index contributed by atoms with van der Waals surface area (Å²) in [5, 5.41) is 22.4.